The minimum absolute atomic E-state index is 0.362. The highest BCUT2D eigenvalue weighted by Crippen LogP contribution is 2.25. The summed E-state index contributed by atoms with van der Waals surface area (Å²) < 4.78 is 0. The average Bonchev–Trinajstić information content (AvgIpc) is 2.65. The van der Waals surface area contributed by atoms with Crippen LogP contribution in [0.3, 0.4) is 0 Å². The molecule has 1 N–H and O–H groups in total. The van der Waals surface area contributed by atoms with Crippen molar-refractivity contribution >= 4 is 0 Å². The molecule has 1 aromatic carbocycles. The van der Waals surface area contributed by atoms with Gasteiger partial charge in [0.2, 0.25) is 0 Å². The third kappa shape index (κ3) is 3.37. The van der Waals surface area contributed by atoms with Crippen molar-refractivity contribution in [2.24, 2.45) is 0 Å². The minimum Gasteiger partial charge on any atom is -0.508 e. The Morgan fingerprint density at radius 3 is 2.84 bits per heavy atom. The highest BCUT2D eigenvalue weighted by Gasteiger charge is 2.19. The zero-order valence-electron chi connectivity index (χ0n) is 14.2. The molecule has 0 unspecified atom stereocenters. The molecular formula is C20H20N4O. The molecule has 0 aliphatic carbocycles. The van der Waals surface area contributed by atoms with Gasteiger partial charge in [-0.2, -0.15) is 0 Å². The Morgan fingerprint density at radius 2 is 2.00 bits per heavy atom. The summed E-state index contributed by atoms with van der Waals surface area (Å²) in [6.07, 6.45) is 6.34. The highest BCUT2D eigenvalue weighted by atomic mass is 16.3. The predicted molar refractivity (Wildman–Crippen MR) is 95.9 cm³/mol. The van der Waals surface area contributed by atoms with E-state index in [1.54, 1.807) is 18.5 Å². The van der Waals surface area contributed by atoms with Crippen LogP contribution in [0.1, 0.15) is 22.4 Å². The molecule has 4 rings (SSSR count). The number of phenolic OH excluding ortho intramolecular Hbond substituents is 1. The fourth-order valence-electron chi connectivity index (χ4n) is 3.23. The van der Waals surface area contributed by atoms with E-state index in [0.717, 1.165) is 59.8 Å². The van der Waals surface area contributed by atoms with Gasteiger partial charge in [-0.05, 0) is 25.1 Å². The first kappa shape index (κ1) is 15.7. The van der Waals surface area contributed by atoms with Gasteiger partial charge in [0, 0.05) is 61.3 Å². The topological polar surface area (TPSA) is 62.1 Å². The molecule has 1 aliphatic rings. The molecule has 0 spiro atoms. The number of aryl methyl sites for hydroxylation is 1. The van der Waals surface area contributed by atoms with Gasteiger partial charge in [-0.3, -0.25) is 9.88 Å². The number of phenols is 1. The zero-order chi connectivity index (χ0) is 17.2. The third-order valence-electron chi connectivity index (χ3n) is 4.58. The summed E-state index contributed by atoms with van der Waals surface area (Å²) in [4.78, 5) is 15.6. The normalized spacial score (nSPS) is 14.3. The summed E-state index contributed by atoms with van der Waals surface area (Å²) in [5, 5.41) is 10.1. The predicted octanol–water partition coefficient (Wildman–Crippen LogP) is 3.11. The molecule has 0 amide bonds. The van der Waals surface area contributed by atoms with Gasteiger partial charge in [0.05, 0.1) is 5.69 Å². The van der Waals surface area contributed by atoms with E-state index in [0.29, 0.717) is 5.75 Å². The Kier molecular flexibility index (Phi) is 4.15. The van der Waals surface area contributed by atoms with Crippen LogP contribution in [0.15, 0.2) is 48.9 Å². The van der Waals surface area contributed by atoms with Crippen LogP contribution in [-0.2, 0) is 19.5 Å². The van der Waals surface area contributed by atoms with Gasteiger partial charge in [0.1, 0.15) is 5.75 Å². The van der Waals surface area contributed by atoms with Crippen molar-refractivity contribution in [2.45, 2.75) is 26.4 Å². The lowest BCUT2D eigenvalue weighted by molar-refractivity contribution is 0.240. The lowest BCUT2D eigenvalue weighted by Gasteiger charge is -2.28. The SMILES string of the molecule is Cc1ccc(O)c(CN2CCc3nc(-c4ccncc4)ncc3C2)c1. The first-order valence-electron chi connectivity index (χ1n) is 8.45. The molecule has 0 bridgehead atoms. The summed E-state index contributed by atoms with van der Waals surface area (Å²) in [5.41, 5.74) is 5.40. The quantitative estimate of drug-likeness (QED) is 0.798. The van der Waals surface area contributed by atoms with Gasteiger partial charge in [-0.15, -0.1) is 0 Å². The number of pyridine rings is 1. The van der Waals surface area contributed by atoms with Gasteiger partial charge in [0.25, 0.3) is 0 Å². The lowest BCUT2D eigenvalue weighted by Crippen LogP contribution is -2.31. The summed E-state index contributed by atoms with van der Waals surface area (Å²) in [6, 6.07) is 9.61. The molecule has 0 radical (unpaired) electrons. The summed E-state index contributed by atoms with van der Waals surface area (Å²) in [6.45, 7) is 4.51. The van der Waals surface area contributed by atoms with Crippen LogP contribution in [0.25, 0.3) is 11.4 Å². The van der Waals surface area contributed by atoms with E-state index in [4.69, 9.17) is 4.98 Å². The average molecular weight is 332 g/mol. The smallest absolute Gasteiger partial charge is 0.159 e. The van der Waals surface area contributed by atoms with E-state index in [2.05, 4.69) is 14.9 Å². The van der Waals surface area contributed by atoms with Crippen LogP contribution in [0.2, 0.25) is 0 Å². The number of aromatic nitrogens is 3. The van der Waals surface area contributed by atoms with Crippen LogP contribution < -0.4 is 0 Å². The molecule has 126 valence electrons. The summed E-state index contributed by atoms with van der Waals surface area (Å²) in [5.74, 6) is 1.12. The maximum Gasteiger partial charge on any atom is 0.159 e. The van der Waals surface area contributed by atoms with Gasteiger partial charge in [-0.1, -0.05) is 17.7 Å². The third-order valence-corrected chi connectivity index (χ3v) is 4.58. The van der Waals surface area contributed by atoms with Crippen molar-refractivity contribution in [2.75, 3.05) is 6.54 Å². The second kappa shape index (κ2) is 6.61. The Hall–Kier alpha value is -2.79. The Labute approximate surface area is 147 Å². The van der Waals surface area contributed by atoms with E-state index in [1.165, 1.54) is 0 Å². The first-order valence-corrected chi connectivity index (χ1v) is 8.45. The molecule has 0 fully saturated rings. The first-order chi connectivity index (χ1) is 12.2. The molecule has 1 aliphatic heterocycles. The number of benzene rings is 1. The van der Waals surface area contributed by atoms with Crippen LogP contribution in [-0.4, -0.2) is 31.5 Å². The molecule has 0 saturated heterocycles. The molecule has 0 saturated carbocycles. The number of fused-ring (bicyclic) bond motifs is 1. The highest BCUT2D eigenvalue weighted by molar-refractivity contribution is 5.54. The summed E-state index contributed by atoms with van der Waals surface area (Å²) >= 11 is 0. The van der Waals surface area contributed by atoms with Crippen molar-refractivity contribution < 1.29 is 5.11 Å². The Morgan fingerprint density at radius 1 is 1.16 bits per heavy atom. The Balaban J connectivity index is 1.53. The van der Waals surface area contributed by atoms with Gasteiger partial charge >= 0.3 is 0 Å². The molecule has 5 heteroatoms. The number of nitrogens with zero attached hydrogens (tertiary/aromatic N) is 4. The molecule has 3 aromatic rings. The second-order valence-corrected chi connectivity index (χ2v) is 6.49. The fraction of sp³-hybridized carbons (Fsp3) is 0.250. The van der Waals surface area contributed by atoms with E-state index in [-0.39, 0.29) is 0 Å². The molecule has 25 heavy (non-hydrogen) atoms. The summed E-state index contributed by atoms with van der Waals surface area (Å²) in [7, 11) is 0. The van der Waals surface area contributed by atoms with Crippen LogP contribution in [0.4, 0.5) is 0 Å². The number of hydrogen-bond donors (Lipinski definition) is 1. The fourth-order valence-corrected chi connectivity index (χ4v) is 3.23. The van der Waals surface area contributed by atoms with E-state index < -0.39 is 0 Å². The van der Waals surface area contributed by atoms with Gasteiger partial charge in [-0.25, -0.2) is 9.97 Å². The van der Waals surface area contributed by atoms with Crippen molar-refractivity contribution in [3.05, 3.63) is 71.3 Å². The molecule has 2 aromatic heterocycles. The van der Waals surface area contributed by atoms with Crippen LogP contribution in [0.5, 0.6) is 5.75 Å². The van der Waals surface area contributed by atoms with Crippen molar-refractivity contribution in [1.29, 1.82) is 0 Å². The molecule has 3 heterocycles. The molecular weight excluding hydrogens is 312 g/mol. The lowest BCUT2D eigenvalue weighted by atomic mass is 10.0. The number of aromatic hydroxyl groups is 1. The largest absolute Gasteiger partial charge is 0.508 e. The Bertz CT molecular complexity index is 895. The van der Waals surface area contributed by atoms with E-state index >= 15 is 0 Å². The zero-order valence-corrected chi connectivity index (χ0v) is 14.2. The number of rotatable bonds is 3. The maximum absolute atomic E-state index is 10.1. The van der Waals surface area contributed by atoms with Crippen molar-refractivity contribution in [1.82, 2.24) is 19.9 Å². The van der Waals surface area contributed by atoms with Gasteiger partial charge < -0.3 is 5.11 Å². The van der Waals surface area contributed by atoms with Crippen molar-refractivity contribution in [3.8, 4) is 17.1 Å². The molecule has 0 atom stereocenters. The minimum atomic E-state index is 0.362. The monoisotopic (exact) mass is 332 g/mol. The second-order valence-electron chi connectivity index (χ2n) is 6.49. The standard InChI is InChI=1S/C20H20N4O/c1-14-2-3-19(25)16(10-14)12-24-9-6-18-17(13-24)11-22-20(23-18)15-4-7-21-8-5-15/h2-5,7-8,10-11,25H,6,9,12-13H2,1H3. The molecule has 5 nitrogen and oxygen atoms in total. The van der Waals surface area contributed by atoms with Gasteiger partial charge in [0.15, 0.2) is 5.82 Å². The van der Waals surface area contributed by atoms with Crippen LogP contribution >= 0.6 is 0 Å². The van der Waals surface area contributed by atoms with E-state index in [9.17, 15) is 5.11 Å². The maximum atomic E-state index is 10.1. The van der Waals surface area contributed by atoms with Crippen LogP contribution in [0, 0.1) is 6.92 Å². The van der Waals surface area contributed by atoms with E-state index in [1.807, 2.05) is 37.4 Å². The number of hydrogen-bond acceptors (Lipinski definition) is 5. The van der Waals surface area contributed by atoms with Crippen molar-refractivity contribution in [3.63, 3.8) is 0 Å².